The molecule has 0 unspecified atom stereocenters. The van der Waals surface area contributed by atoms with Gasteiger partial charge in [-0.25, -0.2) is 19.1 Å². The van der Waals surface area contributed by atoms with Crippen molar-refractivity contribution in [1.82, 2.24) is 19.9 Å². The van der Waals surface area contributed by atoms with Crippen molar-refractivity contribution in [3.63, 3.8) is 0 Å². The highest BCUT2D eigenvalue weighted by Crippen LogP contribution is 2.20. The summed E-state index contributed by atoms with van der Waals surface area (Å²) in [6.45, 7) is 3.17. The van der Waals surface area contributed by atoms with Crippen molar-refractivity contribution in [1.29, 1.82) is 0 Å². The first-order valence-corrected chi connectivity index (χ1v) is 7.96. The van der Waals surface area contributed by atoms with E-state index in [9.17, 15) is 4.79 Å². The highest BCUT2D eigenvalue weighted by molar-refractivity contribution is 5.96. The second-order valence-corrected chi connectivity index (χ2v) is 5.55. The average Bonchev–Trinajstić information content (AvgIpc) is 2.90. The first kappa shape index (κ1) is 19.9. The van der Waals surface area contributed by atoms with Crippen LogP contribution < -0.4 is 44.3 Å². The van der Waals surface area contributed by atoms with Gasteiger partial charge >= 0.3 is 0 Å². The van der Waals surface area contributed by atoms with E-state index in [0.717, 1.165) is 29.2 Å². The molecule has 0 aliphatic heterocycles. The third-order valence-corrected chi connectivity index (χ3v) is 4.20. The predicted molar refractivity (Wildman–Crippen MR) is 93.0 cm³/mol. The smallest absolute Gasteiger partial charge is 0.276 e. The van der Waals surface area contributed by atoms with Crippen LogP contribution >= 0.6 is 0 Å². The normalized spacial score (nSPS) is 10.4. The van der Waals surface area contributed by atoms with Gasteiger partial charge in [0, 0.05) is 18.5 Å². The van der Waals surface area contributed by atoms with Crippen LogP contribution in [0.25, 0.3) is 11.0 Å². The Labute approximate surface area is 168 Å². The van der Waals surface area contributed by atoms with Gasteiger partial charge in [0.2, 0.25) is 0 Å². The van der Waals surface area contributed by atoms with Crippen LogP contribution in [0.2, 0.25) is 0 Å². The summed E-state index contributed by atoms with van der Waals surface area (Å²) in [4.78, 5) is 20.2. The second-order valence-electron chi connectivity index (χ2n) is 5.55. The molecule has 3 N–H and O–H groups in total. The summed E-state index contributed by atoms with van der Waals surface area (Å²) in [7, 11) is 3.62. The van der Waals surface area contributed by atoms with Gasteiger partial charge in [-0.3, -0.25) is 4.79 Å². The van der Waals surface area contributed by atoms with Gasteiger partial charge in [-0.05, 0) is 19.1 Å². The summed E-state index contributed by atoms with van der Waals surface area (Å²) in [6.07, 6.45) is 2.90. The maximum atomic E-state index is 12.3. The molecule has 9 heteroatoms. The standard InChI is InChI=1S/C17H20N6O2.HI/c1-4-23-13-9-11(25-3)5-6-12(13)22(2)14(23)10-21-17(24)15-16(18)20-8-7-19-15;/h5-9H,4,10H2,1-3H3,(H2-,18,20,21,24);1H. The van der Waals surface area contributed by atoms with E-state index < -0.39 is 0 Å². The summed E-state index contributed by atoms with van der Waals surface area (Å²) < 4.78 is 9.51. The van der Waals surface area contributed by atoms with E-state index in [4.69, 9.17) is 10.5 Å². The number of halogens is 1. The van der Waals surface area contributed by atoms with Crippen LogP contribution in [-0.4, -0.2) is 27.6 Å². The molecule has 0 aliphatic carbocycles. The summed E-state index contributed by atoms with van der Waals surface area (Å²) in [5.74, 6) is 1.52. The topological polar surface area (TPSA) is 98.9 Å². The van der Waals surface area contributed by atoms with Crippen molar-refractivity contribution in [3.8, 4) is 5.75 Å². The van der Waals surface area contributed by atoms with E-state index in [0.29, 0.717) is 6.54 Å². The predicted octanol–water partition coefficient (Wildman–Crippen LogP) is -2.20. The summed E-state index contributed by atoms with van der Waals surface area (Å²) in [5.41, 5.74) is 7.95. The zero-order valence-corrected chi connectivity index (χ0v) is 17.0. The number of ether oxygens (including phenoxy) is 1. The number of anilines is 1. The molecule has 3 rings (SSSR count). The minimum Gasteiger partial charge on any atom is -1.00 e. The Bertz CT molecular complexity index is 940. The highest BCUT2D eigenvalue weighted by atomic mass is 127. The fourth-order valence-electron chi connectivity index (χ4n) is 2.92. The van der Waals surface area contributed by atoms with Crippen molar-refractivity contribution >= 4 is 22.8 Å². The Morgan fingerprint density at radius 1 is 1.35 bits per heavy atom. The van der Waals surface area contributed by atoms with Crippen LogP contribution in [0.1, 0.15) is 23.2 Å². The number of aryl methyl sites for hydroxylation is 2. The first-order valence-electron chi connectivity index (χ1n) is 7.96. The fraction of sp³-hybridized carbons (Fsp3) is 0.294. The summed E-state index contributed by atoms with van der Waals surface area (Å²) >= 11 is 0. The molecule has 0 radical (unpaired) electrons. The molecule has 1 aromatic carbocycles. The van der Waals surface area contributed by atoms with E-state index in [1.54, 1.807) is 7.11 Å². The van der Waals surface area contributed by atoms with Crippen molar-refractivity contribution in [2.45, 2.75) is 20.0 Å². The molecule has 0 saturated heterocycles. The molecule has 0 fully saturated rings. The number of imidazole rings is 1. The number of methoxy groups -OCH3 is 1. The van der Waals surface area contributed by atoms with E-state index in [1.165, 1.54) is 12.4 Å². The van der Waals surface area contributed by atoms with Gasteiger partial charge in [-0.15, -0.1) is 0 Å². The monoisotopic (exact) mass is 468 g/mol. The van der Waals surface area contributed by atoms with Crippen molar-refractivity contribution in [3.05, 3.63) is 42.1 Å². The number of nitrogens with one attached hydrogen (secondary N) is 1. The minimum absolute atomic E-state index is 0. The number of benzene rings is 1. The molecule has 138 valence electrons. The number of carbonyl (C=O) groups is 1. The highest BCUT2D eigenvalue weighted by Gasteiger charge is 2.23. The van der Waals surface area contributed by atoms with E-state index in [2.05, 4.69) is 31.3 Å². The number of nitrogen functional groups attached to an aromatic ring is 1. The molecule has 1 amide bonds. The van der Waals surface area contributed by atoms with Gasteiger partial charge in [-0.2, -0.15) is 0 Å². The Kier molecular flexibility index (Phi) is 6.35. The zero-order chi connectivity index (χ0) is 18.0. The maximum Gasteiger partial charge on any atom is 0.276 e. The molecule has 2 heterocycles. The minimum atomic E-state index is -0.351. The number of carbonyl (C=O) groups excluding carboxylic acids is 1. The molecule has 2 aromatic heterocycles. The lowest BCUT2D eigenvalue weighted by Crippen LogP contribution is -3.00. The van der Waals surface area contributed by atoms with E-state index in [1.807, 2.05) is 25.2 Å². The Morgan fingerprint density at radius 3 is 2.73 bits per heavy atom. The van der Waals surface area contributed by atoms with E-state index >= 15 is 0 Å². The summed E-state index contributed by atoms with van der Waals surface area (Å²) in [6, 6.07) is 5.92. The molecule has 0 atom stereocenters. The number of aromatic nitrogens is 4. The van der Waals surface area contributed by atoms with Crippen molar-refractivity contribution in [2.24, 2.45) is 7.05 Å². The van der Waals surface area contributed by atoms with E-state index in [-0.39, 0.29) is 41.4 Å². The number of nitrogens with two attached hydrogens (primary N) is 1. The van der Waals surface area contributed by atoms with Crippen molar-refractivity contribution in [2.75, 3.05) is 12.8 Å². The van der Waals surface area contributed by atoms with Crippen LogP contribution in [0.5, 0.6) is 5.75 Å². The molecular weight excluding hydrogens is 447 g/mol. The molecule has 26 heavy (non-hydrogen) atoms. The number of hydrogen-bond donors (Lipinski definition) is 2. The van der Waals surface area contributed by atoms with Crippen LogP contribution in [0, 0.1) is 0 Å². The number of fused-ring (bicyclic) bond motifs is 1. The SMILES string of the molecule is CCn1c(CNC(=O)c2nccnc2N)[n+](C)c2ccc(OC)cc21.[I-]. The number of hydrogen-bond acceptors (Lipinski definition) is 5. The molecular formula is C17H21IN6O2. The van der Waals surface area contributed by atoms with Gasteiger partial charge in [0.05, 0.1) is 20.7 Å². The summed E-state index contributed by atoms with van der Waals surface area (Å²) in [5, 5.41) is 2.87. The Morgan fingerprint density at radius 2 is 2.08 bits per heavy atom. The largest absolute Gasteiger partial charge is 1.00 e. The van der Waals surface area contributed by atoms with Gasteiger partial charge in [-0.1, -0.05) is 0 Å². The third-order valence-electron chi connectivity index (χ3n) is 4.20. The number of nitrogens with zero attached hydrogens (tertiary/aromatic N) is 4. The maximum absolute atomic E-state index is 12.3. The fourth-order valence-corrected chi connectivity index (χ4v) is 2.92. The molecule has 3 aromatic rings. The number of amides is 1. The van der Waals surface area contributed by atoms with Gasteiger partial charge in [0.15, 0.2) is 22.5 Å². The van der Waals surface area contributed by atoms with Crippen LogP contribution in [0.3, 0.4) is 0 Å². The van der Waals surface area contributed by atoms with Gasteiger partial charge < -0.3 is 39.8 Å². The Balaban J connectivity index is 0.00000243. The van der Waals surface area contributed by atoms with Crippen LogP contribution in [-0.2, 0) is 20.1 Å². The van der Waals surface area contributed by atoms with Crippen LogP contribution in [0.15, 0.2) is 30.6 Å². The first-order chi connectivity index (χ1) is 12.1. The molecule has 0 bridgehead atoms. The molecule has 0 spiro atoms. The van der Waals surface area contributed by atoms with Gasteiger partial charge in [0.1, 0.15) is 12.3 Å². The zero-order valence-electron chi connectivity index (χ0n) is 14.9. The lowest BCUT2D eigenvalue weighted by Gasteiger charge is -2.05. The molecule has 0 saturated carbocycles. The third kappa shape index (κ3) is 3.57. The van der Waals surface area contributed by atoms with Crippen molar-refractivity contribution < 1.29 is 38.1 Å². The van der Waals surface area contributed by atoms with Gasteiger partial charge in [0.25, 0.3) is 11.7 Å². The lowest BCUT2D eigenvalue weighted by molar-refractivity contribution is -0.654. The quantitative estimate of drug-likeness (QED) is 0.327. The second kappa shape index (κ2) is 8.30. The molecule has 0 aliphatic rings. The lowest BCUT2D eigenvalue weighted by atomic mass is 10.3. The van der Waals surface area contributed by atoms with Crippen LogP contribution in [0.4, 0.5) is 5.82 Å². The Hall–Kier alpha value is -2.43. The number of rotatable bonds is 5. The average molecular weight is 468 g/mol. The molecule has 8 nitrogen and oxygen atoms in total.